The molecule has 0 aromatic heterocycles. The molecule has 0 saturated heterocycles. The van der Waals surface area contributed by atoms with Gasteiger partial charge in [-0.3, -0.25) is 0 Å². The van der Waals surface area contributed by atoms with Crippen molar-refractivity contribution >= 4 is 15.7 Å². The third-order valence-corrected chi connectivity index (χ3v) is 2.72. The highest BCUT2D eigenvalue weighted by Crippen LogP contribution is 2.26. The zero-order valence-corrected chi connectivity index (χ0v) is 6.75. The van der Waals surface area contributed by atoms with E-state index in [-0.39, 0.29) is 4.90 Å². The van der Waals surface area contributed by atoms with Crippen molar-refractivity contribution in [2.45, 2.75) is 4.90 Å². The van der Waals surface area contributed by atoms with Crippen molar-refractivity contribution in [3.63, 3.8) is 0 Å². The Labute approximate surface area is 69.2 Å². The highest BCUT2D eigenvalue weighted by molar-refractivity contribution is 7.89. The molecule has 0 radical (unpaired) electrons. The second-order valence-electron chi connectivity index (χ2n) is 2.26. The second kappa shape index (κ2) is 2.28. The van der Waals surface area contributed by atoms with E-state index in [0.717, 1.165) is 0 Å². The van der Waals surface area contributed by atoms with Gasteiger partial charge in [0.25, 0.3) is 10.0 Å². The molecule has 0 bridgehead atoms. The molecule has 6 heteroatoms. The Hall–Kier alpha value is -1.43. The van der Waals surface area contributed by atoms with Crippen molar-refractivity contribution in [1.29, 1.82) is 0 Å². The van der Waals surface area contributed by atoms with Crippen molar-refractivity contribution in [3.8, 4) is 0 Å². The molecule has 1 aliphatic heterocycles. The molecule has 0 saturated carbocycles. The SMILES string of the molecule is O=S1(=O)NN=Nc2ccccc21. The lowest BCUT2D eigenvalue weighted by Crippen LogP contribution is -2.19. The van der Waals surface area contributed by atoms with Gasteiger partial charge in [-0.05, 0) is 12.1 Å². The van der Waals surface area contributed by atoms with E-state index in [1.165, 1.54) is 6.07 Å². The lowest BCUT2D eigenvalue weighted by atomic mass is 10.3. The Kier molecular flexibility index (Phi) is 1.37. The smallest absolute Gasteiger partial charge is 0.200 e. The van der Waals surface area contributed by atoms with Gasteiger partial charge in [-0.25, -0.2) is 0 Å². The van der Waals surface area contributed by atoms with Gasteiger partial charge in [-0.2, -0.15) is 13.2 Å². The Morgan fingerprint density at radius 1 is 1.25 bits per heavy atom. The first-order valence-corrected chi connectivity index (χ1v) is 4.70. The normalized spacial score (nSPS) is 18.0. The van der Waals surface area contributed by atoms with E-state index < -0.39 is 10.0 Å². The predicted octanol–water partition coefficient (Wildman–Crippen LogP) is 0.977. The first-order chi connectivity index (χ1) is 5.70. The minimum absolute atomic E-state index is 0.167. The van der Waals surface area contributed by atoms with Crippen LogP contribution in [-0.2, 0) is 10.0 Å². The molecule has 1 aromatic rings. The Morgan fingerprint density at radius 2 is 2.00 bits per heavy atom. The van der Waals surface area contributed by atoms with Gasteiger partial charge in [0, 0.05) is 0 Å². The quantitative estimate of drug-likeness (QED) is 0.651. The molecular weight excluding hydrogens is 178 g/mol. The fraction of sp³-hybridized carbons (Fsp3) is 0. The molecule has 0 spiro atoms. The number of benzene rings is 1. The Morgan fingerprint density at radius 3 is 2.75 bits per heavy atom. The molecule has 1 aliphatic rings. The number of nitrogens with zero attached hydrogens (tertiary/aromatic N) is 2. The standard InChI is InChI=1S/C6H5N3O2S/c10-12(11)6-4-2-1-3-5(6)7-8-9-12/h1-4H,(H,7,9). The van der Waals surface area contributed by atoms with Gasteiger partial charge < -0.3 is 0 Å². The van der Waals surface area contributed by atoms with Crippen molar-refractivity contribution in [2.24, 2.45) is 10.3 Å². The Balaban J connectivity index is 2.77. The second-order valence-corrected chi connectivity index (χ2v) is 3.89. The summed E-state index contributed by atoms with van der Waals surface area (Å²) >= 11 is 0. The van der Waals surface area contributed by atoms with E-state index in [1.807, 2.05) is 4.83 Å². The van der Waals surface area contributed by atoms with Gasteiger partial charge in [0.1, 0.15) is 10.6 Å². The van der Waals surface area contributed by atoms with Gasteiger partial charge in [-0.15, -0.1) is 5.11 Å². The van der Waals surface area contributed by atoms with Crippen molar-refractivity contribution < 1.29 is 8.42 Å². The van der Waals surface area contributed by atoms with Crippen molar-refractivity contribution in [2.75, 3.05) is 0 Å². The van der Waals surface area contributed by atoms with Crippen LogP contribution in [0.1, 0.15) is 0 Å². The zero-order chi connectivity index (χ0) is 8.60. The van der Waals surface area contributed by atoms with E-state index in [4.69, 9.17) is 0 Å². The summed E-state index contributed by atoms with van der Waals surface area (Å²) in [6, 6.07) is 6.42. The topological polar surface area (TPSA) is 70.9 Å². The summed E-state index contributed by atoms with van der Waals surface area (Å²) in [7, 11) is -3.45. The number of rotatable bonds is 0. The van der Waals surface area contributed by atoms with E-state index in [9.17, 15) is 8.42 Å². The predicted molar refractivity (Wildman–Crippen MR) is 41.3 cm³/mol. The molecule has 62 valence electrons. The average molecular weight is 183 g/mol. The fourth-order valence-electron chi connectivity index (χ4n) is 0.944. The molecule has 0 fully saturated rings. The monoisotopic (exact) mass is 183 g/mol. The van der Waals surface area contributed by atoms with Crippen LogP contribution in [0.15, 0.2) is 39.5 Å². The summed E-state index contributed by atoms with van der Waals surface area (Å²) < 4.78 is 22.4. The van der Waals surface area contributed by atoms with Crippen LogP contribution < -0.4 is 4.83 Å². The lowest BCUT2D eigenvalue weighted by molar-refractivity contribution is 0.578. The number of fused-ring (bicyclic) bond motifs is 1. The maximum absolute atomic E-state index is 11.2. The van der Waals surface area contributed by atoms with Crippen LogP contribution in [0.3, 0.4) is 0 Å². The molecule has 0 aliphatic carbocycles. The number of hydrogen-bond donors (Lipinski definition) is 1. The molecule has 1 N–H and O–H groups in total. The zero-order valence-electron chi connectivity index (χ0n) is 5.93. The third-order valence-electron chi connectivity index (χ3n) is 1.47. The van der Waals surface area contributed by atoms with Crippen molar-refractivity contribution in [3.05, 3.63) is 24.3 Å². The summed E-state index contributed by atoms with van der Waals surface area (Å²) in [5.41, 5.74) is 0.372. The van der Waals surface area contributed by atoms with Gasteiger partial charge >= 0.3 is 0 Å². The van der Waals surface area contributed by atoms with E-state index in [0.29, 0.717) is 5.69 Å². The van der Waals surface area contributed by atoms with Gasteiger partial charge in [-0.1, -0.05) is 17.4 Å². The van der Waals surface area contributed by atoms with Gasteiger partial charge in [0.2, 0.25) is 0 Å². The number of nitrogens with one attached hydrogen (secondary N) is 1. The van der Waals surface area contributed by atoms with E-state index in [2.05, 4.69) is 10.3 Å². The number of hydrogen-bond acceptors (Lipinski definition) is 4. The molecule has 1 heterocycles. The summed E-state index contributed by atoms with van der Waals surface area (Å²) in [5.74, 6) is 0. The average Bonchev–Trinajstić information content (AvgIpc) is 2.04. The van der Waals surface area contributed by atoms with Crippen LogP contribution in [0.5, 0.6) is 0 Å². The van der Waals surface area contributed by atoms with Crippen LogP contribution in [0.2, 0.25) is 0 Å². The molecule has 12 heavy (non-hydrogen) atoms. The van der Waals surface area contributed by atoms with Gasteiger partial charge in [0.15, 0.2) is 0 Å². The summed E-state index contributed by atoms with van der Waals surface area (Å²) in [5, 5.41) is 6.88. The first kappa shape index (κ1) is 7.23. The van der Waals surface area contributed by atoms with Crippen LogP contribution in [0.4, 0.5) is 5.69 Å². The first-order valence-electron chi connectivity index (χ1n) is 3.22. The largest absolute Gasteiger partial charge is 0.280 e. The molecule has 5 nitrogen and oxygen atoms in total. The van der Waals surface area contributed by atoms with Gasteiger partial charge in [0.05, 0.1) is 0 Å². The maximum atomic E-state index is 11.2. The molecule has 2 rings (SSSR count). The maximum Gasteiger partial charge on any atom is 0.280 e. The molecule has 1 aromatic carbocycles. The summed E-state index contributed by atoms with van der Waals surface area (Å²) in [6.45, 7) is 0. The number of sulfonamides is 1. The van der Waals surface area contributed by atoms with Crippen LogP contribution in [0.25, 0.3) is 0 Å². The molecule has 0 unspecified atom stereocenters. The van der Waals surface area contributed by atoms with Crippen LogP contribution in [-0.4, -0.2) is 8.42 Å². The summed E-state index contributed by atoms with van der Waals surface area (Å²) in [6.07, 6.45) is 0. The van der Waals surface area contributed by atoms with Crippen LogP contribution >= 0.6 is 0 Å². The van der Waals surface area contributed by atoms with Crippen LogP contribution in [0, 0.1) is 0 Å². The third kappa shape index (κ3) is 0.964. The molecule has 0 amide bonds. The van der Waals surface area contributed by atoms with Crippen molar-refractivity contribution in [1.82, 2.24) is 4.83 Å². The molecular formula is C6H5N3O2S. The fourth-order valence-corrected chi connectivity index (χ4v) is 1.83. The minimum atomic E-state index is -3.45. The highest BCUT2D eigenvalue weighted by atomic mass is 32.2. The highest BCUT2D eigenvalue weighted by Gasteiger charge is 2.20. The lowest BCUT2D eigenvalue weighted by Gasteiger charge is -2.08. The van der Waals surface area contributed by atoms with E-state index in [1.54, 1.807) is 18.2 Å². The Bertz CT molecular complexity index is 438. The minimum Gasteiger partial charge on any atom is -0.200 e. The van der Waals surface area contributed by atoms with E-state index >= 15 is 0 Å². The summed E-state index contributed by atoms with van der Waals surface area (Å²) in [4.78, 5) is 2.11. The molecule has 0 atom stereocenters.